The first-order chi connectivity index (χ1) is 25.5. The average molecular weight is 751 g/mol. The molecule has 5 N–H and O–H groups in total. The molecule has 6 amide bonds. The molecule has 16 heteroatoms. The Kier molecular flexibility index (Phi) is 13.4. The molecular weight excluding hydrogens is 706 g/mol. The van der Waals surface area contributed by atoms with Gasteiger partial charge in [0.15, 0.2) is 0 Å². The lowest BCUT2D eigenvalue weighted by Crippen LogP contribution is -2.52. The monoisotopic (exact) mass is 750 g/mol. The first-order valence-electron chi connectivity index (χ1n) is 17.2. The highest BCUT2D eigenvalue weighted by atomic mass is 19.1. The van der Waals surface area contributed by atoms with E-state index >= 15 is 4.39 Å². The predicted octanol–water partition coefficient (Wildman–Crippen LogP) is 2.96. The van der Waals surface area contributed by atoms with Gasteiger partial charge in [-0.25, -0.2) is 13.6 Å². The van der Waals surface area contributed by atoms with Gasteiger partial charge in [-0.1, -0.05) is 51.1 Å². The zero-order valence-electron chi connectivity index (χ0n) is 30.3. The minimum Gasteiger partial charge on any atom is -0.465 e. The fourth-order valence-electron chi connectivity index (χ4n) is 6.34. The summed E-state index contributed by atoms with van der Waals surface area (Å²) in [5.41, 5.74) is 0.959. The van der Waals surface area contributed by atoms with Gasteiger partial charge in [0.05, 0.1) is 6.04 Å². The lowest BCUT2D eigenvalue weighted by atomic mass is 9.82. The largest absolute Gasteiger partial charge is 0.465 e. The van der Waals surface area contributed by atoms with E-state index in [4.69, 9.17) is 0 Å². The molecule has 288 valence electrons. The molecule has 0 saturated carbocycles. The molecule has 0 radical (unpaired) electrons. The Hall–Kier alpha value is -5.90. The Morgan fingerprint density at radius 2 is 1.54 bits per heavy atom. The number of benzene rings is 2. The van der Waals surface area contributed by atoms with E-state index < -0.39 is 77.4 Å². The first kappa shape index (κ1) is 40.9. The van der Waals surface area contributed by atoms with Gasteiger partial charge in [0.2, 0.25) is 17.7 Å². The number of aliphatic hydroxyl groups excluding tert-OH is 1. The van der Waals surface area contributed by atoms with Crippen molar-refractivity contribution in [1.29, 1.82) is 0 Å². The van der Waals surface area contributed by atoms with Crippen LogP contribution in [0, 0.1) is 17.0 Å². The number of nitrogens with zero attached hydrogens (tertiary/aromatic N) is 3. The zero-order chi connectivity index (χ0) is 39.7. The van der Waals surface area contributed by atoms with Crippen molar-refractivity contribution in [1.82, 2.24) is 30.3 Å². The molecule has 0 aliphatic carbocycles. The van der Waals surface area contributed by atoms with Crippen molar-refractivity contribution >= 4 is 35.6 Å². The van der Waals surface area contributed by atoms with Gasteiger partial charge in [-0.05, 0) is 48.6 Å². The van der Waals surface area contributed by atoms with Crippen LogP contribution in [0.2, 0.25) is 0 Å². The molecule has 0 bridgehead atoms. The second kappa shape index (κ2) is 17.7. The molecule has 3 aromatic rings. The Balaban J connectivity index is 1.57. The van der Waals surface area contributed by atoms with Gasteiger partial charge < -0.3 is 35.6 Å². The van der Waals surface area contributed by atoms with Crippen LogP contribution in [0.25, 0.3) is 11.1 Å². The smallest absolute Gasteiger partial charge is 0.405 e. The maximum absolute atomic E-state index is 15.1. The number of aliphatic hydroxyl groups is 1. The van der Waals surface area contributed by atoms with Crippen LogP contribution in [0.3, 0.4) is 0 Å². The number of carbonyl (C=O) groups excluding carboxylic acids is 5. The van der Waals surface area contributed by atoms with Crippen LogP contribution < -0.4 is 16.0 Å². The van der Waals surface area contributed by atoms with Crippen molar-refractivity contribution in [2.45, 2.75) is 58.8 Å². The third-order valence-corrected chi connectivity index (χ3v) is 8.84. The summed E-state index contributed by atoms with van der Waals surface area (Å²) < 4.78 is 31.2. The van der Waals surface area contributed by atoms with Gasteiger partial charge in [-0.3, -0.25) is 28.9 Å². The second-order valence-corrected chi connectivity index (χ2v) is 13.8. The first-order valence-corrected chi connectivity index (χ1v) is 17.2. The molecule has 2 heterocycles. The van der Waals surface area contributed by atoms with Crippen LogP contribution in [0.1, 0.15) is 51.4 Å². The zero-order valence-corrected chi connectivity index (χ0v) is 30.3. The number of imide groups is 1. The summed E-state index contributed by atoms with van der Waals surface area (Å²) in [5.74, 6) is -4.72. The van der Waals surface area contributed by atoms with Gasteiger partial charge in [0.1, 0.15) is 30.3 Å². The summed E-state index contributed by atoms with van der Waals surface area (Å²) in [6.07, 6.45) is 2.00. The highest BCUT2D eigenvalue weighted by molar-refractivity contribution is 6.15. The third kappa shape index (κ3) is 10.2. The Morgan fingerprint density at radius 3 is 2.13 bits per heavy atom. The molecule has 1 aliphatic heterocycles. The van der Waals surface area contributed by atoms with Gasteiger partial charge in [0.25, 0.3) is 11.8 Å². The van der Waals surface area contributed by atoms with E-state index in [1.165, 1.54) is 11.8 Å². The van der Waals surface area contributed by atoms with Crippen molar-refractivity contribution < 1.29 is 47.8 Å². The summed E-state index contributed by atoms with van der Waals surface area (Å²) in [6.45, 7) is 5.78. The summed E-state index contributed by atoms with van der Waals surface area (Å²) in [4.78, 5) is 77.0. The van der Waals surface area contributed by atoms with E-state index in [9.17, 15) is 43.4 Å². The molecule has 0 spiro atoms. The van der Waals surface area contributed by atoms with Crippen LogP contribution in [0.4, 0.5) is 13.6 Å². The number of halogens is 2. The molecule has 4 rings (SSSR count). The van der Waals surface area contributed by atoms with Crippen LogP contribution in [-0.2, 0) is 30.5 Å². The highest BCUT2D eigenvalue weighted by Crippen LogP contribution is 2.41. The number of hydrogen-bond acceptors (Lipinski definition) is 7. The summed E-state index contributed by atoms with van der Waals surface area (Å²) >= 11 is 0. The molecule has 2 aromatic carbocycles. The lowest BCUT2D eigenvalue weighted by molar-refractivity contribution is -0.144. The van der Waals surface area contributed by atoms with Crippen LogP contribution in [0.5, 0.6) is 0 Å². The SMILES string of the molecule is C[C@H](C(=O)NCCNC(=O)[C@H](CCN(C(=O)CO)[C@@H](c1cc(-c2cc(F)ccc2F)cn1Cc1ccccc1)C(C)(C)C)NC(=O)O)N1C(=O)C=CC1=O. The van der Waals surface area contributed by atoms with Crippen molar-refractivity contribution in [2.24, 2.45) is 5.41 Å². The van der Waals surface area contributed by atoms with Crippen molar-refractivity contribution in [2.75, 3.05) is 26.2 Å². The number of nitrogens with one attached hydrogen (secondary N) is 3. The molecule has 1 aromatic heterocycles. The van der Waals surface area contributed by atoms with Gasteiger partial charge in [0, 0.05) is 61.3 Å². The fraction of sp³-hybridized carbons (Fsp3) is 0.368. The molecule has 54 heavy (non-hydrogen) atoms. The Labute approximate surface area is 310 Å². The number of hydrogen-bond donors (Lipinski definition) is 5. The molecule has 0 fully saturated rings. The van der Waals surface area contributed by atoms with Crippen LogP contribution in [-0.4, -0.2) is 98.5 Å². The predicted molar refractivity (Wildman–Crippen MR) is 192 cm³/mol. The topological polar surface area (TPSA) is 190 Å². The number of aromatic nitrogens is 1. The van der Waals surface area contributed by atoms with Crippen LogP contribution >= 0.6 is 0 Å². The van der Waals surface area contributed by atoms with E-state index in [2.05, 4.69) is 16.0 Å². The van der Waals surface area contributed by atoms with Gasteiger partial charge in [-0.2, -0.15) is 0 Å². The van der Waals surface area contributed by atoms with Gasteiger partial charge >= 0.3 is 6.09 Å². The van der Waals surface area contributed by atoms with E-state index in [-0.39, 0.29) is 38.2 Å². The minimum absolute atomic E-state index is 0.00109. The molecule has 1 aliphatic rings. The lowest BCUT2D eigenvalue weighted by Gasteiger charge is -2.41. The number of carboxylic acid groups (broad SMARTS) is 1. The molecule has 3 atom stereocenters. The number of carbonyl (C=O) groups is 6. The Bertz CT molecular complexity index is 1890. The van der Waals surface area contributed by atoms with Crippen LogP contribution in [0.15, 0.2) is 72.9 Å². The quantitative estimate of drug-likeness (QED) is 0.109. The summed E-state index contributed by atoms with van der Waals surface area (Å²) in [5, 5.41) is 26.9. The molecular formula is C38H44F2N6O8. The van der Waals surface area contributed by atoms with Crippen molar-refractivity contribution in [3.8, 4) is 11.1 Å². The molecule has 0 unspecified atom stereocenters. The van der Waals surface area contributed by atoms with E-state index in [1.807, 2.05) is 55.7 Å². The standard InChI is InChI=1S/C38H44F2N6O8/c1-23(46-31(48)12-13-32(46)49)35(51)41-15-16-42-36(52)29(43-37(53)54)14-17-45(33(50)22-47)34(38(2,3)4)30-18-25(27-19-26(39)10-11-28(27)40)21-44(30)20-24-8-6-5-7-9-24/h5-13,18-19,21,23,29,34,43,47H,14-17,20,22H2,1-4H3,(H,41,51)(H,42,52)(H,53,54)/t23-,29+,34+/m1/s1. The normalized spacial score (nSPS) is 14.4. The number of rotatable bonds is 16. The third-order valence-electron chi connectivity index (χ3n) is 8.84. The van der Waals surface area contributed by atoms with Crippen molar-refractivity contribution in [3.63, 3.8) is 0 Å². The van der Waals surface area contributed by atoms with Gasteiger partial charge in [-0.15, -0.1) is 0 Å². The highest BCUT2D eigenvalue weighted by Gasteiger charge is 2.38. The molecule has 14 nitrogen and oxygen atoms in total. The average Bonchev–Trinajstić information content (AvgIpc) is 3.68. The number of amides is 6. The summed E-state index contributed by atoms with van der Waals surface area (Å²) in [7, 11) is 0. The molecule has 0 saturated heterocycles. The van der Waals surface area contributed by atoms with E-state index in [0.29, 0.717) is 11.3 Å². The Morgan fingerprint density at radius 1 is 0.907 bits per heavy atom. The maximum atomic E-state index is 15.1. The fourth-order valence-corrected chi connectivity index (χ4v) is 6.34. The van der Waals surface area contributed by atoms with E-state index in [1.54, 1.807) is 12.3 Å². The summed E-state index contributed by atoms with van der Waals surface area (Å²) in [6, 6.07) is 10.7. The maximum Gasteiger partial charge on any atom is 0.405 e. The minimum atomic E-state index is -1.52. The van der Waals surface area contributed by atoms with Crippen molar-refractivity contribution in [3.05, 3.63) is 95.8 Å². The van der Waals surface area contributed by atoms with E-state index in [0.717, 1.165) is 40.8 Å². The second-order valence-electron chi connectivity index (χ2n) is 13.8.